The fraction of sp³-hybridized carbons (Fsp3) is 0.487. The molecule has 3 aromatic rings. The third-order valence-corrected chi connectivity index (χ3v) is 7.69. The van der Waals surface area contributed by atoms with E-state index in [1.54, 1.807) is 48.5 Å². The van der Waals surface area contributed by atoms with Crippen molar-refractivity contribution in [1.82, 2.24) is 0 Å². The maximum atomic E-state index is 12.6. The van der Waals surface area contributed by atoms with Crippen LogP contribution < -0.4 is 14.2 Å². The molecule has 0 atom stereocenters. The van der Waals surface area contributed by atoms with Crippen molar-refractivity contribution in [3.63, 3.8) is 0 Å². The third-order valence-electron chi connectivity index (χ3n) is 7.69. The van der Waals surface area contributed by atoms with Crippen molar-refractivity contribution in [2.75, 3.05) is 19.8 Å². The van der Waals surface area contributed by atoms with Crippen molar-refractivity contribution in [3.8, 4) is 17.2 Å². The zero-order chi connectivity index (χ0) is 32.0. The summed E-state index contributed by atoms with van der Waals surface area (Å²) in [6.45, 7) is 6.75. The van der Waals surface area contributed by atoms with Crippen LogP contribution in [0, 0.1) is 0 Å². The molecular weight excluding hydrogens is 564 g/mol. The van der Waals surface area contributed by atoms with Gasteiger partial charge >= 0.3 is 11.9 Å². The number of carbonyl (C=O) groups excluding carboxylic acids is 2. The van der Waals surface area contributed by atoms with Crippen molar-refractivity contribution in [3.05, 3.63) is 89.5 Å². The van der Waals surface area contributed by atoms with E-state index < -0.39 is 11.9 Å². The summed E-state index contributed by atoms with van der Waals surface area (Å²) in [5.41, 5.74) is 2.17. The van der Waals surface area contributed by atoms with Gasteiger partial charge in [0.1, 0.15) is 17.2 Å². The number of unbranched alkanes of at least 4 members (excludes halogenated alkanes) is 10. The fourth-order valence-corrected chi connectivity index (χ4v) is 4.89. The molecule has 0 aromatic heterocycles. The van der Waals surface area contributed by atoms with Gasteiger partial charge in [-0.2, -0.15) is 0 Å². The van der Waals surface area contributed by atoms with Crippen LogP contribution in [0.4, 0.5) is 0 Å². The third kappa shape index (κ3) is 14.8. The number of carbonyl (C=O) groups is 2. The number of aryl methyl sites for hydroxylation is 1. The summed E-state index contributed by atoms with van der Waals surface area (Å²) in [6, 6.07) is 21.1. The molecule has 0 saturated carbocycles. The highest BCUT2D eigenvalue weighted by Crippen LogP contribution is 2.21. The molecule has 0 aliphatic rings. The molecule has 0 fully saturated rings. The Morgan fingerprint density at radius 1 is 0.467 bits per heavy atom. The van der Waals surface area contributed by atoms with Gasteiger partial charge in [-0.15, -0.1) is 0 Å². The standard InChI is InChI=1S/C39H52O6/c1-3-5-7-8-9-10-13-16-32-17-19-33(20-18-32)38(40)44-36-25-27-37(28-26-36)45-39(41)34-21-23-35(24-22-34)43-31-15-12-11-14-30-42-29-6-4-2/h17-28H,3-16,29-31H2,1-2H3. The largest absolute Gasteiger partial charge is 0.494 e. The summed E-state index contributed by atoms with van der Waals surface area (Å²) in [4.78, 5) is 25.3. The average molecular weight is 617 g/mol. The lowest BCUT2D eigenvalue weighted by Crippen LogP contribution is -2.09. The lowest BCUT2D eigenvalue weighted by Gasteiger charge is -2.09. The number of hydrogen-bond donors (Lipinski definition) is 0. The molecule has 6 heteroatoms. The second kappa shape index (κ2) is 22.0. The normalized spacial score (nSPS) is 10.9. The Labute approximate surface area is 270 Å². The van der Waals surface area contributed by atoms with E-state index in [2.05, 4.69) is 13.8 Å². The number of hydrogen-bond acceptors (Lipinski definition) is 6. The summed E-state index contributed by atoms with van der Waals surface area (Å²) in [7, 11) is 0. The number of rotatable bonds is 23. The van der Waals surface area contributed by atoms with Crippen molar-refractivity contribution in [2.45, 2.75) is 104 Å². The summed E-state index contributed by atoms with van der Waals surface area (Å²) < 4.78 is 22.4. The van der Waals surface area contributed by atoms with Crippen molar-refractivity contribution in [2.24, 2.45) is 0 Å². The van der Waals surface area contributed by atoms with Gasteiger partial charge in [-0.3, -0.25) is 0 Å². The quantitative estimate of drug-likeness (QED) is 0.0600. The first-order chi connectivity index (χ1) is 22.1. The monoisotopic (exact) mass is 616 g/mol. The number of benzene rings is 3. The molecule has 0 N–H and O–H groups in total. The highest BCUT2D eigenvalue weighted by molar-refractivity contribution is 5.92. The van der Waals surface area contributed by atoms with Crippen molar-refractivity contribution >= 4 is 11.9 Å². The number of esters is 2. The van der Waals surface area contributed by atoms with E-state index in [0.717, 1.165) is 57.5 Å². The Morgan fingerprint density at radius 3 is 1.49 bits per heavy atom. The maximum absolute atomic E-state index is 12.6. The molecule has 0 amide bonds. The highest BCUT2D eigenvalue weighted by Gasteiger charge is 2.12. The lowest BCUT2D eigenvalue weighted by atomic mass is 10.0. The van der Waals surface area contributed by atoms with E-state index in [4.69, 9.17) is 18.9 Å². The highest BCUT2D eigenvalue weighted by atomic mass is 16.5. The second-order valence-corrected chi connectivity index (χ2v) is 11.6. The van der Waals surface area contributed by atoms with E-state index in [-0.39, 0.29) is 0 Å². The number of ether oxygens (including phenoxy) is 4. The summed E-state index contributed by atoms with van der Waals surface area (Å²) in [6.07, 6.45) is 16.6. The first-order valence-corrected chi connectivity index (χ1v) is 17.0. The average Bonchev–Trinajstić information content (AvgIpc) is 3.06. The Hall–Kier alpha value is -3.64. The second-order valence-electron chi connectivity index (χ2n) is 11.6. The first kappa shape index (κ1) is 35.8. The predicted octanol–water partition coefficient (Wildman–Crippen LogP) is 10.2. The van der Waals surface area contributed by atoms with Crippen LogP contribution in [0.2, 0.25) is 0 Å². The molecule has 45 heavy (non-hydrogen) atoms. The van der Waals surface area contributed by atoms with Gasteiger partial charge in [0.2, 0.25) is 0 Å². The molecule has 0 aliphatic heterocycles. The van der Waals surface area contributed by atoms with Gasteiger partial charge in [-0.25, -0.2) is 9.59 Å². The summed E-state index contributed by atoms with van der Waals surface area (Å²) in [5.74, 6) is 0.587. The minimum Gasteiger partial charge on any atom is -0.494 e. The SMILES string of the molecule is CCCCCCCCCc1ccc(C(=O)Oc2ccc(OC(=O)c3ccc(OCCCCCCOCCCC)cc3)cc2)cc1. The van der Waals surface area contributed by atoms with Gasteiger partial charge in [-0.1, -0.05) is 77.3 Å². The topological polar surface area (TPSA) is 71.1 Å². The van der Waals surface area contributed by atoms with Crippen LogP contribution in [-0.4, -0.2) is 31.8 Å². The predicted molar refractivity (Wildman–Crippen MR) is 181 cm³/mol. The smallest absolute Gasteiger partial charge is 0.343 e. The fourth-order valence-electron chi connectivity index (χ4n) is 4.89. The van der Waals surface area contributed by atoms with Crippen molar-refractivity contribution < 1.29 is 28.5 Å². The zero-order valence-electron chi connectivity index (χ0n) is 27.4. The van der Waals surface area contributed by atoms with Crippen LogP contribution in [0.1, 0.15) is 124 Å². The van der Waals surface area contributed by atoms with E-state index in [1.165, 1.54) is 56.9 Å². The Bertz CT molecular complexity index is 1220. The van der Waals surface area contributed by atoms with Crippen LogP contribution in [0.25, 0.3) is 0 Å². The van der Waals surface area contributed by atoms with Gasteiger partial charge < -0.3 is 18.9 Å². The molecule has 3 aromatic carbocycles. The van der Waals surface area contributed by atoms with Crippen LogP contribution in [0.15, 0.2) is 72.8 Å². The van der Waals surface area contributed by atoms with Crippen LogP contribution in [0.5, 0.6) is 17.2 Å². The molecular formula is C39H52O6. The molecule has 6 nitrogen and oxygen atoms in total. The maximum Gasteiger partial charge on any atom is 0.343 e. The first-order valence-electron chi connectivity index (χ1n) is 17.0. The van der Waals surface area contributed by atoms with Crippen LogP contribution in [-0.2, 0) is 11.2 Å². The Morgan fingerprint density at radius 2 is 0.911 bits per heavy atom. The molecule has 0 aliphatic carbocycles. The van der Waals surface area contributed by atoms with Crippen LogP contribution in [0.3, 0.4) is 0 Å². The van der Waals surface area contributed by atoms with Gasteiger partial charge in [0, 0.05) is 13.2 Å². The minimum atomic E-state index is -0.468. The summed E-state index contributed by atoms with van der Waals surface area (Å²) in [5, 5.41) is 0. The van der Waals surface area contributed by atoms with Gasteiger partial charge in [-0.05, 0) is 105 Å². The molecule has 3 rings (SSSR count). The summed E-state index contributed by atoms with van der Waals surface area (Å²) >= 11 is 0. The molecule has 0 bridgehead atoms. The molecule has 244 valence electrons. The van der Waals surface area contributed by atoms with E-state index in [0.29, 0.717) is 29.2 Å². The molecule has 0 unspecified atom stereocenters. The van der Waals surface area contributed by atoms with Crippen molar-refractivity contribution in [1.29, 1.82) is 0 Å². The zero-order valence-corrected chi connectivity index (χ0v) is 27.4. The molecule has 0 spiro atoms. The van der Waals surface area contributed by atoms with Crippen LogP contribution >= 0.6 is 0 Å². The van der Waals surface area contributed by atoms with Gasteiger partial charge in [0.15, 0.2) is 0 Å². The Balaban J connectivity index is 1.33. The van der Waals surface area contributed by atoms with E-state index in [1.807, 2.05) is 24.3 Å². The molecule has 0 radical (unpaired) electrons. The van der Waals surface area contributed by atoms with Gasteiger partial charge in [0.25, 0.3) is 0 Å². The lowest BCUT2D eigenvalue weighted by molar-refractivity contribution is 0.0719. The minimum absolute atomic E-state index is 0.366. The van der Waals surface area contributed by atoms with E-state index in [9.17, 15) is 9.59 Å². The Kier molecular flexibility index (Phi) is 17.5. The molecule has 0 saturated heterocycles. The molecule has 0 heterocycles. The van der Waals surface area contributed by atoms with Gasteiger partial charge in [0.05, 0.1) is 17.7 Å². The van der Waals surface area contributed by atoms with E-state index >= 15 is 0 Å².